The number of aliphatic hydroxyl groups is 1. The number of hydrogen-bond donors (Lipinski definition) is 1. The summed E-state index contributed by atoms with van der Waals surface area (Å²) in [5.41, 5.74) is 0. The molecule has 2 heterocycles. The van der Waals surface area contributed by atoms with E-state index in [1.165, 1.54) is 7.11 Å². The second-order valence-electron chi connectivity index (χ2n) is 6.25. The number of β-amino-alcohol motifs (C(OH)–C–C–N with tert-alkyl or cyclic N) is 1. The van der Waals surface area contributed by atoms with Gasteiger partial charge in [-0.1, -0.05) is 6.07 Å². The van der Waals surface area contributed by atoms with Crippen LogP contribution in [-0.4, -0.2) is 68.2 Å². The van der Waals surface area contributed by atoms with Crippen molar-refractivity contribution < 1.29 is 18.3 Å². The fourth-order valence-electron chi connectivity index (χ4n) is 3.46. The lowest BCUT2D eigenvalue weighted by molar-refractivity contribution is 0.132. The van der Waals surface area contributed by atoms with Crippen molar-refractivity contribution in [2.75, 3.05) is 33.3 Å². The molecule has 0 unspecified atom stereocenters. The highest BCUT2D eigenvalue weighted by atomic mass is 32.2. The van der Waals surface area contributed by atoms with Crippen LogP contribution in [0.5, 0.6) is 5.75 Å². The van der Waals surface area contributed by atoms with Crippen molar-refractivity contribution in [3.05, 3.63) is 24.3 Å². The van der Waals surface area contributed by atoms with Gasteiger partial charge in [0.25, 0.3) is 0 Å². The zero-order chi connectivity index (χ0) is 16.4. The van der Waals surface area contributed by atoms with Crippen LogP contribution in [0.25, 0.3) is 0 Å². The Morgan fingerprint density at radius 1 is 1.17 bits per heavy atom. The predicted octanol–water partition coefficient (Wildman–Crippen LogP) is 0.915. The monoisotopic (exact) mass is 340 g/mol. The topological polar surface area (TPSA) is 70.1 Å². The highest BCUT2D eigenvalue weighted by molar-refractivity contribution is 7.89. The van der Waals surface area contributed by atoms with Gasteiger partial charge in [0.1, 0.15) is 5.75 Å². The lowest BCUT2D eigenvalue weighted by atomic mass is 10.1. The molecule has 0 aromatic heterocycles. The van der Waals surface area contributed by atoms with E-state index >= 15 is 0 Å². The first-order valence-electron chi connectivity index (χ1n) is 8.07. The van der Waals surface area contributed by atoms with Crippen molar-refractivity contribution in [1.29, 1.82) is 0 Å². The third-order valence-electron chi connectivity index (χ3n) is 4.81. The molecule has 7 heteroatoms. The minimum atomic E-state index is -3.47. The molecule has 0 saturated carbocycles. The summed E-state index contributed by atoms with van der Waals surface area (Å²) in [5.74, 6) is 0.548. The number of rotatable bonds is 4. The van der Waals surface area contributed by atoms with Crippen LogP contribution in [-0.2, 0) is 10.0 Å². The zero-order valence-electron chi connectivity index (χ0n) is 13.4. The Hall–Kier alpha value is -1.15. The van der Waals surface area contributed by atoms with E-state index in [0.29, 0.717) is 31.4 Å². The van der Waals surface area contributed by atoms with Gasteiger partial charge in [-0.05, 0) is 31.4 Å². The Kier molecular flexibility index (Phi) is 4.91. The van der Waals surface area contributed by atoms with Crippen molar-refractivity contribution in [2.45, 2.75) is 36.3 Å². The quantitative estimate of drug-likeness (QED) is 0.882. The summed E-state index contributed by atoms with van der Waals surface area (Å²) in [6, 6.07) is 7.00. The van der Waals surface area contributed by atoms with Gasteiger partial charge in [-0.3, -0.25) is 4.90 Å². The molecule has 1 aromatic carbocycles. The molecule has 3 rings (SSSR count). The van der Waals surface area contributed by atoms with Crippen LogP contribution in [0.4, 0.5) is 0 Å². The first kappa shape index (κ1) is 16.7. The van der Waals surface area contributed by atoms with Crippen molar-refractivity contribution in [2.24, 2.45) is 0 Å². The Morgan fingerprint density at radius 3 is 2.52 bits per heavy atom. The number of benzene rings is 1. The van der Waals surface area contributed by atoms with Crippen LogP contribution in [0, 0.1) is 0 Å². The van der Waals surface area contributed by atoms with Gasteiger partial charge in [-0.25, -0.2) is 8.42 Å². The van der Waals surface area contributed by atoms with Crippen molar-refractivity contribution in [3.63, 3.8) is 0 Å². The molecular formula is C16H24N2O4S. The Morgan fingerprint density at radius 2 is 1.91 bits per heavy atom. The van der Waals surface area contributed by atoms with Gasteiger partial charge in [-0.15, -0.1) is 0 Å². The van der Waals surface area contributed by atoms with Gasteiger partial charge in [0.15, 0.2) is 0 Å². The summed E-state index contributed by atoms with van der Waals surface area (Å²) >= 11 is 0. The maximum atomic E-state index is 12.8. The molecule has 6 nitrogen and oxygen atoms in total. The zero-order valence-corrected chi connectivity index (χ0v) is 14.2. The molecule has 0 bridgehead atoms. The van der Waals surface area contributed by atoms with Crippen LogP contribution in [0.1, 0.15) is 19.3 Å². The standard InChI is InChI=1S/C16H24N2O4S/c1-22-15-3-2-4-16(11-15)23(20,21)18-9-5-13(6-10-18)17-8-7-14(19)12-17/h2-4,11,13-14,19H,5-10,12H2,1H3/t14-/m1/s1. The van der Waals surface area contributed by atoms with Gasteiger partial charge < -0.3 is 9.84 Å². The van der Waals surface area contributed by atoms with Crippen LogP contribution in [0.15, 0.2) is 29.2 Å². The molecule has 2 saturated heterocycles. The van der Waals surface area contributed by atoms with Crippen molar-refractivity contribution >= 4 is 10.0 Å². The Balaban J connectivity index is 1.66. The summed E-state index contributed by atoms with van der Waals surface area (Å²) in [7, 11) is -1.94. The Bertz CT molecular complexity index is 641. The summed E-state index contributed by atoms with van der Waals surface area (Å²) in [6.07, 6.45) is 2.22. The van der Waals surface area contributed by atoms with E-state index in [0.717, 1.165) is 25.8 Å². The molecule has 2 aliphatic rings. The van der Waals surface area contributed by atoms with E-state index in [2.05, 4.69) is 4.90 Å². The molecule has 2 fully saturated rings. The molecule has 1 atom stereocenters. The van der Waals surface area contributed by atoms with Crippen LogP contribution in [0.2, 0.25) is 0 Å². The molecule has 0 amide bonds. The van der Waals surface area contributed by atoms with E-state index in [-0.39, 0.29) is 11.0 Å². The highest BCUT2D eigenvalue weighted by Crippen LogP contribution is 2.26. The smallest absolute Gasteiger partial charge is 0.243 e. The average Bonchev–Trinajstić information content (AvgIpc) is 3.01. The lowest BCUT2D eigenvalue weighted by Gasteiger charge is -2.36. The molecule has 0 aliphatic carbocycles. The van der Waals surface area contributed by atoms with E-state index < -0.39 is 10.0 Å². The average molecular weight is 340 g/mol. The molecule has 23 heavy (non-hydrogen) atoms. The number of hydrogen-bond acceptors (Lipinski definition) is 5. The second-order valence-corrected chi connectivity index (χ2v) is 8.19. The third-order valence-corrected chi connectivity index (χ3v) is 6.71. The van der Waals surface area contributed by atoms with E-state index in [1.54, 1.807) is 28.6 Å². The van der Waals surface area contributed by atoms with Gasteiger partial charge in [-0.2, -0.15) is 4.31 Å². The number of aliphatic hydroxyl groups excluding tert-OH is 1. The number of nitrogens with zero attached hydrogens (tertiary/aromatic N) is 2. The van der Waals surface area contributed by atoms with E-state index in [9.17, 15) is 13.5 Å². The first-order chi connectivity index (χ1) is 11.0. The molecule has 1 aromatic rings. The lowest BCUT2D eigenvalue weighted by Crippen LogP contribution is -2.46. The fraction of sp³-hybridized carbons (Fsp3) is 0.625. The first-order valence-corrected chi connectivity index (χ1v) is 9.51. The van der Waals surface area contributed by atoms with Gasteiger partial charge in [0, 0.05) is 38.3 Å². The van der Waals surface area contributed by atoms with E-state index in [4.69, 9.17) is 4.74 Å². The van der Waals surface area contributed by atoms with Gasteiger partial charge in [0.05, 0.1) is 18.1 Å². The van der Waals surface area contributed by atoms with Crippen LogP contribution < -0.4 is 4.74 Å². The molecule has 0 spiro atoms. The molecule has 1 N–H and O–H groups in total. The summed E-state index contributed by atoms with van der Waals surface area (Å²) < 4.78 is 32.2. The van der Waals surface area contributed by atoms with Gasteiger partial charge in [0.2, 0.25) is 10.0 Å². The number of ether oxygens (including phenoxy) is 1. The number of methoxy groups -OCH3 is 1. The highest BCUT2D eigenvalue weighted by Gasteiger charge is 2.34. The van der Waals surface area contributed by atoms with Gasteiger partial charge >= 0.3 is 0 Å². The molecular weight excluding hydrogens is 316 g/mol. The second kappa shape index (κ2) is 6.76. The third kappa shape index (κ3) is 3.52. The molecule has 128 valence electrons. The number of sulfonamides is 1. The Labute approximate surface area is 137 Å². The number of piperidine rings is 1. The summed E-state index contributed by atoms with van der Waals surface area (Å²) in [6.45, 7) is 2.68. The van der Waals surface area contributed by atoms with Crippen molar-refractivity contribution in [3.8, 4) is 5.75 Å². The maximum Gasteiger partial charge on any atom is 0.243 e. The summed E-state index contributed by atoms with van der Waals surface area (Å²) in [5, 5.41) is 9.65. The summed E-state index contributed by atoms with van der Waals surface area (Å²) in [4.78, 5) is 2.58. The van der Waals surface area contributed by atoms with Crippen LogP contribution in [0.3, 0.4) is 0 Å². The number of likely N-dealkylation sites (tertiary alicyclic amines) is 1. The maximum absolute atomic E-state index is 12.8. The minimum Gasteiger partial charge on any atom is -0.497 e. The molecule has 0 radical (unpaired) electrons. The van der Waals surface area contributed by atoms with Crippen LogP contribution >= 0.6 is 0 Å². The van der Waals surface area contributed by atoms with Crippen molar-refractivity contribution in [1.82, 2.24) is 9.21 Å². The minimum absolute atomic E-state index is 0.228. The largest absolute Gasteiger partial charge is 0.497 e. The predicted molar refractivity (Wildman–Crippen MR) is 87.0 cm³/mol. The fourth-order valence-corrected chi connectivity index (χ4v) is 4.96. The normalized spacial score (nSPS) is 24.9. The molecule has 2 aliphatic heterocycles. The SMILES string of the molecule is COc1cccc(S(=O)(=O)N2CCC(N3CC[C@@H](O)C3)CC2)c1. The van der Waals surface area contributed by atoms with E-state index in [1.807, 2.05) is 0 Å².